The first-order chi connectivity index (χ1) is 44.9. The molecule has 12 rings (SSSR count). The number of carbonyl (C=O) groups excluding carboxylic acids is 2. The summed E-state index contributed by atoms with van der Waals surface area (Å²) in [7, 11) is 3.27. The van der Waals surface area contributed by atoms with E-state index in [1.165, 1.54) is 55.6 Å². The molecule has 0 unspecified atom stereocenters. The number of benzene rings is 6. The number of para-hydroxylation sites is 2. The Morgan fingerprint density at radius 2 is 0.701 bits per heavy atom. The molecule has 2 aliphatic rings. The van der Waals surface area contributed by atoms with E-state index in [-0.39, 0.29) is 105 Å². The third kappa shape index (κ3) is 22.5. The Kier molecular flexibility index (Phi) is 39.8. The molecule has 20 heteroatoms. The summed E-state index contributed by atoms with van der Waals surface area (Å²) in [5, 5.41) is 0.583. The number of hydrogen-bond acceptors (Lipinski definition) is 8. The minimum Gasteiger partial charge on any atom is -1.00 e. The van der Waals surface area contributed by atoms with Gasteiger partial charge in [0.2, 0.25) is 12.2 Å². The summed E-state index contributed by atoms with van der Waals surface area (Å²) in [4.78, 5) is 39.3. The quantitative estimate of drug-likeness (QED) is 0.0677. The zero-order valence-electron chi connectivity index (χ0n) is 55.8. The Morgan fingerprint density at radius 1 is 0.412 bits per heavy atom. The first kappa shape index (κ1) is 87.2. The van der Waals surface area contributed by atoms with Crippen molar-refractivity contribution >= 4 is 92.8 Å². The molecule has 0 aliphatic carbocycles. The number of halogens is 8. The second kappa shape index (κ2) is 44.3. The summed E-state index contributed by atoms with van der Waals surface area (Å²) in [6.07, 6.45) is 2.20. The normalized spacial score (nSPS) is 14.3. The summed E-state index contributed by atoms with van der Waals surface area (Å²) >= 11 is 28.6. The van der Waals surface area contributed by atoms with E-state index in [0.29, 0.717) is 11.5 Å². The fraction of sp³-hybridized carbons (Fsp3) is 0.247. The first-order valence-electron chi connectivity index (χ1n) is 29.8. The van der Waals surface area contributed by atoms with Crippen molar-refractivity contribution in [2.24, 2.45) is 0 Å². The molecule has 10 aromatic rings. The van der Waals surface area contributed by atoms with Crippen molar-refractivity contribution in [1.82, 2.24) is 9.97 Å². The zero-order chi connectivity index (χ0) is 67.7. The van der Waals surface area contributed by atoms with Crippen molar-refractivity contribution in [2.75, 3.05) is 40.0 Å². The van der Waals surface area contributed by atoms with E-state index in [4.69, 9.17) is 88.6 Å². The number of hydrogen-bond donors (Lipinski definition) is 0. The average molecular weight is 1820 g/mol. The van der Waals surface area contributed by atoms with Crippen molar-refractivity contribution in [3.05, 3.63) is 273 Å². The van der Waals surface area contributed by atoms with Gasteiger partial charge in [0, 0.05) is 12.4 Å². The van der Waals surface area contributed by atoms with Crippen LogP contribution in [0, 0.1) is 81.4 Å². The van der Waals surface area contributed by atoms with Crippen LogP contribution >= 0.6 is 69.6 Å². The van der Waals surface area contributed by atoms with Crippen LogP contribution in [0.4, 0.5) is 11.4 Å². The molecule has 2 aliphatic heterocycles. The standard InChI is InChI=1S/2C27H21N2O3.2C10H15.3CH2Cl2.2ClH.2Ir/c2*1-31-20-16-14-19(15-17-20)25-26(32-21-9-3-2-4-10-21)27(30)29(25)24-13-6-5-11-22(24)23-12-7-8-18-28-23;2*1-6-7(2)9(4)10(5)8(6)3;3*2-1-3;;;;/h2*2-10,12-18,25-26H,1H3;2*1-5H3;3*1H2;2*1H;;/q4*-1;;;;;;2*+3/p-2/t2*25-,26-;;;;;;;;;/m00........./s1. The monoisotopic (exact) mass is 1820 g/mol. The number of pyridine rings is 2. The Balaban J connectivity index is 0.000000458. The first-order valence-corrected chi connectivity index (χ1v) is 33.0. The van der Waals surface area contributed by atoms with Gasteiger partial charge in [0.05, 0.1) is 42.3 Å². The molecule has 516 valence electrons. The van der Waals surface area contributed by atoms with Gasteiger partial charge in [-0.3, -0.25) is 9.59 Å². The molecule has 0 radical (unpaired) electrons. The van der Waals surface area contributed by atoms with E-state index in [2.05, 4.69) is 91.3 Å². The third-order valence-corrected chi connectivity index (χ3v) is 16.7. The van der Waals surface area contributed by atoms with Crippen LogP contribution < -0.4 is 53.6 Å². The summed E-state index contributed by atoms with van der Waals surface area (Å²) < 4.78 is 22.9. The summed E-state index contributed by atoms with van der Waals surface area (Å²) in [5.41, 5.74) is 21.2. The van der Waals surface area contributed by atoms with E-state index in [1.54, 1.807) is 36.4 Å². The van der Waals surface area contributed by atoms with Gasteiger partial charge >= 0.3 is 40.2 Å². The Bertz CT molecular complexity index is 3510. The number of amides is 2. The fourth-order valence-corrected chi connectivity index (χ4v) is 10.7. The van der Waals surface area contributed by atoms with E-state index < -0.39 is 12.2 Å². The van der Waals surface area contributed by atoms with Crippen molar-refractivity contribution in [1.29, 1.82) is 0 Å². The van der Waals surface area contributed by atoms with Crippen LogP contribution in [0.5, 0.6) is 23.0 Å². The molecule has 97 heavy (non-hydrogen) atoms. The molecular weight excluding hydrogens is 1740 g/mol. The van der Waals surface area contributed by atoms with Crippen LogP contribution in [-0.2, 0) is 49.8 Å². The maximum Gasteiger partial charge on any atom is 3.00 e. The van der Waals surface area contributed by atoms with Crippen LogP contribution in [0.2, 0.25) is 0 Å². The average Bonchev–Trinajstić information content (AvgIpc) is 1.59. The molecule has 0 spiro atoms. The molecule has 4 heterocycles. The summed E-state index contributed by atoms with van der Waals surface area (Å²) in [5.74, 6) is 2.63. The number of carbonyl (C=O) groups is 2. The van der Waals surface area contributed by atoms with Crippen molar-refractivity contribution in [3.8, 4) is 45.5 Å². The largest absolute Gasteiger partial charge is 3.00 e. The van der Waals surface area contributed by atoms with Gasteiger partial charge in [-0.15, -0.1) is 129 Å². The maximum absolute atomic E-state index is 13.4. The van der Waals surface area contributed by atoms with Crippen LogP contribution in [0.3, 0.4) is 0 Å². The molecule has 2 amide bonds. The smallest absolute Gasteiger partial charge is 1.00 e. The molecule has 0 bridgehead atoms. The number of nitrogens with zero attached hydrogens (tertiary/aromatic N) is 4. The van der Waals surface area contributed by atoms with E-state index in [9.17, 15) is 9.59 Å². The topological polar surface area (TPSA) is 103 Å². The van der Waals surface area contributed by atoms with E-state index >= 15 is 0 Å². The number of alkyl halides is 6. The van der Waals surface area contributed by atoms with Gasteiger partial charge < -0.3 is 63.5 Å². The Morgan fingerprint density at radius 3 is 0.948 bits per heavy atom. The molecule has 2 aromatic heterocycles. The molecule has 2 saturated heterocycles. The van der Waals surface area contributed by atoms with E-state index in [0.717, 1.165) is 56.5 Å². The van der Waals surface area contributed by atoms with Gasteiger partial charge in [-0.05, 0) is 94.6 Å². The van der Waals surface area contributed by atoms with Crippen LogP contribution in [0.15, 0.2) is 194 Å². The molecule has 10 nitrogen and oxygen atoms in total. The van der Waals surface area contributed by atoms with Crippen LogP contribution in [-0.4, -0.2) is 64.2 Å². The number of ether oxygens (including phenoxy) is 4. The molecular formula is C77H78Cl8Ir2N4O6. The number of β-lactam (4-membered cyclic amide) rings is 2. The van der Waals surface area contributed by atoms with E-state index in [1.807, 2.05) is 182 Å². The molecule has 8 aromatic carbocycles. The van der Waals surface area contributed by atoms with Crippen molar-refractivity contribution in [2.45, 2.75) is 93.5 Å². The number of methoxy groups -OCH3 is 2. The molecule has 0 saturated carbocycles. The van der Waals surface area contributed by atoms with Gasteiger partial charge in [-0.2, -0.15) is 55.6 Å². The van der Waals surface area contributed by atoms with Crippen LogP contribution in [0.1, 0.15) is 78.8 Å². The van der Waals surface area contributed by atoms with Gasteiger partial charge in [0.1, 0.15) is 23.0 Å². The number of aromatic nitrogens is 2. The summed E-state index contributed by atoms with van der Waals surface area (Å²) in [6, 6.07) is 62.9. The molecule has 4 atom stereocenters. The minimum atomic E-state index is -0.636. The van der Waals surface area contributed by atoms with Crippen LogP contribution in [0.25, 0.3) is 22.5 Å². The fourth-order valence-electron chi connectivity index (χ4n) is 10.7. The predicted octanol–water partition coefficient (Wildman–Crippen LogP) is 14.3. The van der Waals surface area contributed by atoms with Crippen molar-refractivity contribution < 1.29 is 93.6 Å². The van der Waals surface area contributed by atoms with Gasteiger partial charge in [0.25, 0.3) is 11.8 Å². The van der Waals surface area contributed by atoms with Crippen molar-refractivity contribution in [3.63, 3.8) is 0 Å². The van der Waals surface area contributed by atoms with Gasteiger partial charge in [0.15, 0.2) is 0 Å². The third-order valence-electron chi connectivity index (χ3n) is 16.7. The second-order valence-corrected chi connectivity index (χ2v) is 23.8. The summed E-state index contributed by atoms with van der Waals surface area (Å²) in [6.45, 7) is 22.0. The molecule has 0 N–H and O–H groups in total. The Labute approximate surface area is 642 Å². The van der Waals surface area contributed by atoms with Gasteiger partial charge in [-0.25, -0.2) is 0 Å². The predicted molar refractivity (Wildman–Crippen MR) is 386 cm³/mol. The molecule has 2 fully saturated rings. The maximum atomic E-state index is 13.4. The zero-order valence-corrected chi connectivity index (χ0v) is 66.7. The Hall–Kier alpha value is -5.92. The number of rotatable bonds is 12. The second-order valence-electron chi connectivity index (χ2n) is 21.4. The number of anilines is 2. The SMILES string of the molecule is COc1ccc([C@H]2[C@H](Oc3ccccc3)C(=O)N2c2ccc[c-]c2-c2ccccn2)cc1.COc1ccc([C@H]2[C@H](Oc3ccccc3)C(=O)N2c2ccc[c-]c2-c2ccccn2)cc1.Cc1c(C)c(C)[c-](C)c1C.Cc1c(C)c(C)[c-](C)c1C.ClCCl.ClCCl.ClCCl.[Cl-].[Cl-].[Ir+3].[Ir+3]. The minimum absolute atomic E-state index is 0. The van der Waals surface area contributed by atoms with Gasteiger partial charge in [-0.1, -0.05) is 154 Å².